The highest BCUT2D eigenvalue weighted by molar-refractivity contribution is 5.34. The zero-order valence-electron chi connectivity index (χ0n) is 11.5. The van der Waals surface area contributed by atoms with Crippen molar-refractivity contribution < 1.29 is 4.74 Å². The first-order valence-corrected chi connectivity index (χ1v) is 7.10. The number of aromatic nitrogens is 1. The molecule has 3 heteroatoms. The zero-order chi connectivity index (χ0) is 12.8. The number of anilines is 1. The standard InChI is InChI=1S/C15H24N2O/c1-3-16-15-9-8-13(10-17-15)11-18-14-7-5-4-6-12(14)2/h8-10,12,14H,3-7,11H2,1-2H3,(H,16,17). The summed E-state index contributed by atoms with van der Waals surface area (Å²) in [7, 11) is 0. The van der Waals surface area contributed by atoms with E-state index in [1.54, 1.807) is 0 Å². The van der Waals surface area contributed by atoms with E-state index in [9.17, 15) is 0 Å². The molecule has 0 bridgehead atoms. The van der Waals surface area contributed by atoms with Crippen molar-refractivity contribution in [1.29, 1.82) is 0 Å². The van der Waals surface area contributed by atoms with Gasteiger partial charge in [0.25, 0.3) is 0 Å². The zero-order valence-corrected chi connectivity index (χ0v) is 11.5. The number of nitrogens with zero attached hydrogens (tertiary/aromatic N) is 1. The third-order valence-corrected chi connectivity index (χ3v) is 3.68. The lowest BCUT2D eigenvalue weighted by Gasteiger charge is -2.28. The molecule has 1 heterocycles. The number of nitrogens with one attached hydrogen (secondary N) is 1. The van der Waals surface area contributed by atoms with Crippen molar-refractivity contribution >= 4 is 5.82 Å². The maximum atomic E-state index is 6.02. The minimum absolute atomic E-state index is 0.437. The number of hydrogen-bond donors (Lipinski definition) is 1. The molecule has 0 saturated heterocycles. The first kappa shape index (κ1) is 13.3. The molecule has 1 aliphatic carbocycles. The molecular formula is C15H24N2O. The van der Waals surface area contributed by atoms with Gasteiger partial charge in [-0.05, 0) is 37.3 Å². The largest absolute Gasteiger partial charge is 0.373 e. The summed E-state index contributed by atoms with van der Waals surface area (Å²) in [5, 5.41) is 3.20. The molecule has 1 N–H and O–H groups in total. The predicted molar refractivity (Wildman–Crippen MR) is 74.6 cm³/mol. The summed E-state index contributed by atoms with van der Waals surface area (Å²) in [6, 6.07) is 4.12. The van der Waals surface area contributed by atoms with Gasteiger partial charge in [-0.3, -0.25) is 0 Å². The Morgan fingerprint density at radius 3 is 2.83 bits per heavy atom. The van der Waals surface area contributed by atoms with Gasteiger partial charge in [-0.2, -0.15) is 0 Å². The average molecular weight is 248 g/mol. The Morgan fingerprint density at radius 1 is 1.33 bits per heavy atom. The van der Waals surface area contributed by atoms with E-state index in [0.29, 0.717) is 18.6 Å². The summed E-state index contributed by atoms with van der Waals surface area (Å²) in [5.74, 6) is 1.64. The van der Waals surface area contributed by atoms with Crippen LogP contribution in [-0.4, -0.2) is 17.6 Å². The van der Waals surface area contributed by atoms with Crippen LogP contribution < -0.4 is 5.32 Å². The van der Waals surface area contributed by atoms with Crippen molar-refractivity contribution in [3.05, 3.63) is 23.9 Å². The molecule has 0 aromatic carbocycles. The van der Waals surface area contributed by atoms with Gasteiger partial charge < -0.3 is 10.1 Å². The van der Waals surface area contributed by atoms with Gasteiger partial charge in [-0.25, -0.2) is 4.98 Å². The van der Waals surface area contributed by atoms with Gasteiger partial charge in [0.2, 0.25) is 0 Å². The second-order valence-corrected chi connectivity index (χ2v) is 5.19. The van der Waals surface area contributed by atoms with E-state index < -0.39 is 0 Å². The van der Waals surface area contributed by atoms with Crippen molar-refractivity contribution in [3.8, 4) is 0 Å². The Kier molecular flexibility index (Phi) is 5.00. The fourth-order valence-electron chi connectivity index (χ4n) is 2.53. The number of pyridine rings is 1. The summed E-state index contributed by atoms with van der Waals surface area (Å²) < 4.78 is 6.02. The monoisotopic (exact) mass is 248 g/mol. The Balaban J connectivity index is 1.82. The van der Waals surface area contributed by atoms with Crippen LogP contribution >= 0.6 is 0 Å². The molecule has 1 aromatic rings. The molecule has 100 valence electrons. The van der Waals surface area contributed by atoms with Gasteiger partial charge in [0.15, 0.2) is 0 Å². The quantitative estimate of drug-likeness (QED) is 0.864. The van der Waals surface area contributed by atoms with Crippen molar-refractivity contribution in [2.75, 3.05) is 11.9 Å². The number of hydrogen-bond acceptors (Lipinski definition) is 3. The minimum Gasteiger partial charge on any atom is -0.373 e. The molecule has 0 amide bonds. The maximum Gasteiger partial charge on any atom is 0.125 e. The van der Waals surface area contributed by atoms with E-state index in [1.165, 1.54) is 25.7 Å². The van der Waals surface area contributed by atoms with Gasteiger partial charge in [0, 0.05) is 12.7 Å². The lowest BCUT2D eigenvalue weighted by Crippen LogP contribution is -2.25. The lowest BCUT2D eigenvalue weighted by molar-refractivity contribution is -0.0155. The van der Waals surface area contributed by atoms with Crippen LogP contribution in [0.2, 0.25) is 0 Å². The fraction of sp³-hybridized carbons (Fsp3) is 0.667. The van der Waals surface area contributed by atoms with Gasteiger partial charge in [0.1, 0.15) is 5.82 Å². The van der Waals surface area contributed by atoms with Crippen molar-refractivity contribution in [1.82, 2.24) is 4.98 Å². The van der Waals surface area contributed by atoms with E-state index in [-0.39, 0.29) is 0 Å². The van der Waals surface area contributed by atoms with Gasteiger partial charge in [0.05, 0.1) is 12.7 Å². The van der Waals surface area contributed by atoms with E-state index in [2.05, 4.69) is 30.2 Å². The molecule has 1 fully saturated rings. The van der Waals surface area contributed by atoms with Crippen LogP contribution in [0.25, 0.3) is 0 Å². The summed E-state index contributed by atoms with van der Waals surface area (Å²) in [4.78, 5) is 4.36. The molecule has 1 aromatic heterocycles. The number of rotatable bonds is 5. The van der Waals surface area contributed by atoms with Crippen molar-refractivity contribution in [2.45, 2.75) is 52.2 Å². The highest BCUT2D eigenvalue weighted by Gasteiger charge is 2.21. The lowest BCUT2D eigenvalue weighted by atomic mass is 9.88. The third-order valence-electron chi connectivity index (χ3n) is 3.68. The van der Waals surface area contributed by atoms with Crippen LogP contribution in [0, 0.1) is 5.92 Å². The normalized spacial score (nSPS) is 23.9. The summed E-state index contributed by atoms with van der Waals surface area (Å²) in [6.07, 6.45) is 7.54. The Hall–Kier alpha value is -1.09. The molecule has 2 unspecified atom stereocenters. The highest BCUT2D eigenvalue weighted by atomic mass is 16.5. The van der Waals surface area contributed by atoms with Crippen LogP contribution in [0.5, 0.6) is 0 Å². The average Bonchev–Trinajstić information content (AvgIpc) is 2.40. The Bertz CT molecular complexity index is 350. The first-order valence-electron chi connectivity index (χ1n) is 7.10. The fourth-order valence-corrected chi connectivity index (χ4v) is 2.53. The maximum absolute atomic E-state index is 6.02. The van der Waals surface area contributed by atoms with Crippen molar-refractivity contribution in [3.63, 3.8) is 0 Å². The summed E-state index contributed by atoms with van der Waals surface area (Å²) >= 11 is 0. The second-order valence-electron chi connectivity index (χ2n) is 5.19. The molecule has 0 aliphatic heterocycles. The molecule has 2 rings (SSSR count). The minimum atomic E-state index is 0.437. The van der Waals surface area contributed by atoms with E-state index in [1.807, 2.05) is 12.3 Å². The first-order chi connectivity index (χ1) is 8.79. The van der Waals surface area contributed by atoms with Crippen molar-refractivity contribution in [2.24, 2.45) is 5.92 Å². The SMILES string of the molecule is CCNc1ccc(COC2CCCCC2C)cn1. The topological polar surface area (TPSA) is 34.1 Å². The Labute approximate surface area is 110 Å². The van der Waals surface area contributed by atoms with E-state index in [0.717, 1.165) is 17.9 Å². The van der Waals surface area contributed by atoms with Gasteiger partial charge in [-0.15, -0.1) is 0 Å². The summed E-state index contributed by atoms with van der Waals surface area (Å²) in [6.45, 7) is 5.97. The molecule has 0 radical (unpaired) electrons. The molecule has 3 nitrogen and oxygen atoms in total. The smallest absolute Gasteiger partial charge is 0.125 e. The summed E-state index contributed by atoms with van der Waals surface area (Å²) in [5.41, 5.74) is 1.16. The number of ether oxygens (including phenoxy) is 1. The predicted octanol–water partition coefficient (Wildman–Crippen LogP) is 3.61. The highest BCUT2D eigenvalue weighted by Crippen LogP contribution is 2.26. The molecular weight excluding hydrogens is 224 g/mol. The van der Waals surface area contributed by atoms with Crippen LogP contribution in [0.3, 0.4) is 0 Å². The molecule has 0 spiro atoms. The van der Waals surface area contributed by atoms with Crippen LogP contribution in [0.15, 0.2) is 18.3 Å². The van der Waals surface area contributed by atoms with Crippen LogP contribution in [0.1, 0.15) is 45.1 Å². The third kappa shape index (κ3) is 3.70. The van der Waals surface area contributed by atoms with Gasteiger partial charge >= 0.3 is 0 Å². The molecule has 18 heavy (non-hydrogen) atoms. The van der Waals surface area contributed by atoms with E-state index in [4.69, 9.17) is 4.74 Å². The second kappa shape index (κ2) is 6.74. The molecule has 2 atom stereocenters. The molecule has 1 aliphatic rings. The van der Waals surface area contributed by atoms with Crippen LogP contribution in [0.4, 0.5) is 5.82 Å². The molecule has 1 saturated carbocycles. The van der Waals surface area contributed by atoms with Gasteiger partial charge in [-0.1, -0.05) is 25.8 Å². The van der Waals surface area contributed by atoms with Crippen LogP contribution in [-0.2, 0) is 11.3 Å². The Morgan fingerprint density at radius 2 is 2.17 bits per heavy atom. The van der Waals surface area contributed by atoms with E-state index >= 15 is 0 Å².